The Balaban J connectivity index is 1.90. The molecule has 0 radical (unpaired) electrons. The monoisotopic (exact) mass is 272 g/mol. The van der Waals surface area contributed by atoms with Gasteiger partial charge >= 0.3 is 0 Å². The van der Waals surface area contributed by atoms with Crippen molar-refractivity contribution in [2.24, 2.45) is 5.73 Å². The molecule has 0 bridgehead atoms. The molecule has 0 aromatic heterocycles. The quantitative estimate of drug-likeness (QED) is 0.649. The topological polar surface area (TPSA) is 47.3 Å². The second kappa shape index (κ2) is 6.75. The van der Waals surface area contributed by atoms with E-state index in [4.69, 9.17) is 22.7 Å². The molecule has 0 aliphatic rings. The molecule has 0 fully saturated rings. The van der Waals surface area contributed by atoms with Crippen molar-refractivity contribution in [1.82, 2.24) is 5.32 Å². The first-order valence-electron chi connectivity index (χ1n) is 6.07. The fourth-order valence-corrected chi connectivity index (χ4v) is 1.82. The number of benzene rings is 2. The first-order chi connectivity index (χ1) is 9.25. The van der Waals surface area contributed by atoms with Gasteiger partial charge in [0, 0.05) is 0 Å². The van der Waals surface area contributed by atoms with Crippen LogP contribution in [0.15, 0.2) is 54.6 Å². The summed E-state index contributed by atoms with van der Waals surface area (Å²) in [6.07, 6.45) is 0. The van der Waals surface area contributed by atoms with E-state index < -0.39 is 0 Å². The largest absolute Gasteiger partial charge is 0.492 e. The van der Waals surface area contributed by atoms with Crippen LogP contribution in [0.2, 0.25) is 0 Å². The summed E-state index contributed by atoms with van der Waals surface area (Å²) in [5.41, 5.74) is 7.69. The molecule has 0 aliphatic heterocycles. The van der Waals surface area contributed by atoms with Gasteiger partial charge < -0.3 is 15.8 Å². The Bertz CT molecular complexity index is 526. The van der Waals surface area contributed by atoms with Gasteiger partial charge in [-0.05, 0) is 35.5 Å². The van der Waals surface area contributed by atoms with Gasteiger partial charge in [-0.1, -0.05) is 42.5 Å². The summed E-state index contributed by atoms with van der Waals surface area (Å²) in [6, 6.07) is 18.3. The molecule has 0 saturated heterocycles. The fourth-order valence-electron chi connectivity index (χ4n) is 1.72. The number of rotatable bonds is 5. The van der Waals surface area contributed by atoms with Crippen LogP contribution in [0.5, 0.6) is 5.75 Å². The van der Waals surface area contributed by atoms with E-state index in [0.29, 0.717) is 18.3 Å². The Morgan fingerprint density at radius 3 is 2.26 bits per heavy atom. The molecule has 0 unspecified atom stereocenters. The highest BCUT2D eigenvalue weighted by atomic mass is 32.1. The summed E-state index contributed by atoms with van der Waals surface area (Å²) in [6.45, 7) is 1.14. The predicted octanol–water partition coefficient (Wildman–Crippen LogP) is 2.57. The molecule has 0 saturated carbocycles. The van der Waals surface area contributed by atoms with Crippen LogP contribution in [0.25, 0.3) is 11.1 Å². The lowest BCUT2D eigenvalue weighted by atomic mass is 10.1. The van der Waals surface area contributed by atoms with E-state index in [-0.39, 0.29) is 0 Å². The normalized spacial score (nSPS) is 9.89. The van der Waals surface area contributed by atoms with Crippen molar-refractivity contribution < 1.29 is 4.74 Å². The van der Waals surface area contributed by atoms with E-state index in [9.17, 15) is 0 Å². The van der Waals surface area contributed by atoms with Gasteiger partial charge in [-0.2, -0.15) is 0 Å². The molecule has 0 spiro atoms. The maximum Gasteiger partial charge on any atom is 0.163 e. The molecule has 0 amide bonds. The van der Waals surface area contributed by atoms with Crippen molar-refractivity contribution in [2.75, 3.05) is 13.2 Å². The van der Waals surface area contributed by atoms with E-state index >= 15 is 0 Å². The molecule has 2 aromatic carbocycles. The van der Waals surface area contributed by atoms with E-state index in [1.165, 1.54) is 11.1 Å². The van der Waals surface area contributed by atoms with Crippen LogP contribution < -0.4 is 15.8 Å². The molecule has 98 valence electrons. The van der Waals surface area contributed by atoms with Gasteiger partial charge in [-0.3, -0.25) is 0 Å². The molecule has 4 heteroatoms. The molecular weight excluding hydrogens is 256 g/mol. The lowest BCUT2D eigenvalue weighted by Crippen LogP contribution is -2.32. The van der Waals surface area contributed by atoms with Crippen LogP contribution >= 0.6 is 12.2 Å². The van der Waals surface area contributed by atoms with Crippen molar-refractivity contribution in [3.8, 4) is 16.9 Å². The third-order valence-electron chi connectivity index (χ3n) is 2.63. The molecule has 0 heterocycles. The van der Waals surface area contributed by atoms with Gasteiger partial charge in [-0.15, -0.1) is 0 Å². The van der Waals surface area contributed by atoms with E-state index in [0.717, 1.165) is 5.75 Å². The Morgan fingerprint density at radius 1 is 1.00 bits per heavy atom. The average Bonchev–Trinajstić information content (AvgIpc) is 2.45. The maximum absolute atomic E-state index is 5.57. The lowest BCUT2D eigenvalue weighted by molar-refractivity contribution is 0.322. The van der Waals surface area contributed by atoms with Gasteiger partial charge in [-0.25, -0.2) is 0 Å². The molecule has 19 heavy (non-hydrogen) atoms. The highest BCUT2D eigenvalue weighted by molar-refractivity contribution is 7.80. The van der Waals surface area contributed by atoms with Gasteiger partial charge in [0.15, 0.2) is 5.11 Å². The minimum absolute atomic E-state index is 0.294. The number of thiocarbonyl (C=S) groups is 1. The molecule has 0 aliphatic carbocycles. The zero-order chi connectivity index (χ0) is 13.5. The number of nitrogens with one attached hydrogen (secondary N) is 1. The zero-order valence-corrected chi connectivity index (χ0v) is 11.3. The standard InChI is InChI=1S/C15H16N2OS/c16-15(19)17-10-11-18-14-8-6-13(7-9-14)12-4-2-1-3-5-12/h1-9H,10-11H2,(H3,16,17,19). The first-order valence-corrected chi connectivity index (χ1v) is 6.48. The van der Waals surface area contributed by atoms with E-state index in [2.05, 4.69) is 17.4 Å². The number of ether oxygens (including phenoxy) is 1. The van der Waals surface area contributed by atoms with Crippen molar-refractivity contribution in [3.63, 3.8) is 0 Å². The Labute approximate surface area is 118 Å². The second-order valence-corrected chi connectivity index (χ2v) is 4.47. The SMILES string of the molecule is NC(=S)NCCOc1ccc(-c2ccccc2)cc1. The van der Waals surface area contributed by atoms with Crippen LogP contribution in [0.3, 0.4) is 0 Å². The summed E-state index contributed by atoms with van der Waals surface area (Å²) in [7, 11) is 0. The van der Waals surface area contributed by atoms with Crippen molar-refractivity contribution >= 4 is 17.3 Å². The lowest BCUT2D eigenvalue weighted by Gasteiger charge is -2.08. The van der Waals surface area contributed by atoms with Crippen LogP contribution in [0.4, 0.5) is 0 Å². The molecule has 2 aromatic rings. The number of hydrogen-bond donors (Lipinski definition) is 2. The Morgan fingerprint density at radius 2 is 1.63 bits per heavy atom. The maximum atomic E-state index is 5.57. The molecule has 3 nitrogen and oxygen atoms in total. The third-order valence-corrected chi connectivity index (χ3v) is 2.78. The highest BCUT2D eigenvalue weighted by Crippen LogP contribution is 2.21. The zero-order valence-electron chi connectivity index (χ0n) is 10.5. The van der Waals surface area contributed by atoms with Gasteiger partial charge in [0.1, 0.15) is 12.4 Å². The minimum atomic E-state index is 0.294. The van der Waals surface area contributed by atoms with Crippen LogP contribution in [-0.4, -0.2) is 18.3 Å². The summed E-state index contributed by atoms with van der Waals surface area (Å²) in [4.78, 5) is 0. The number of nitrogens with two attached hydrogens (primary N) is 1. The van der Waals surface area contributed by atoms with Crippen LogP contribution in [-0.2, 0) is 0 Å². The molecular formula is C15H16N2OS. The first kappa shape index (κ1) is 13.4. The number of hydrogen-bond acceptors (Lipinski definition) is 2. The Kier molecular flexibility index (Phi) is 4.75. The molecule has 3 N–H and O–H groups in total. The summed E-state index contributed by atoms with van der Waals surface area (Å²) in [5, 5.41) is 3.13. The van der Waals surface area contributed by atoms with Crippen molar-refractivity contribution in [2.45, 2.75) is 0 Å². The average molecular weight is 272 g/mol. The third kappa shape index (κ3) is 4.26. The van der Waals surface area contributed by atoms with E-state index in [1.54, 1.807) is 0 Å². The van der Waals surface area contributed by atoms with Gasteiger partial charge in [0.2, 0.25) is 0 Å². The smallest absolute Gasteiger partial charge is 0.163 e. The highest BCUT2D eigenvalue weighted by Gasteiger charge is 1.98. The summed E-state index contributed by atoms with van der Waals surface area (Å²) >= 11 is 4.71. The summed E-state index contributed by atoms with van der Waals surface area (Å²) < 4.78 is 5.57. The van der Waals surface area contributed by atoms with Gasteiger partial charge in [0.25, 0.3) is 0 Å². The summed E-state index contributed by atoms with van der Waals surface area (Å²) in [5.74, 6) is 0.837. The van der Waals surface area contributed by atoms with E-state index in [1.807, 2.05) is 42.5 Å². The van der Waals surface area contributed by atoms with Crippen molar-refractivity contribution in [1.29, 1.82) is 0 Å². The van der Waals surface area contributed by atoms with Crippen molar-refractivity contribution in [3.05, 3.63) is 54.6 Å². The van der Waals surface area contributed by atoms with Gasteiger partial charge in [0.05, 0.1) is 6.54 Å². The van der Waals surface area contributed by atoms with Crippen LogP contribution in [0, 0.1) is 0 Å². The minimum Gasteiger partial charge on any atom is -0.492 e. The molecule has 2 rings (SSSR count). The predicted molar refractivity (Wildman–Crippen MR) is 82.2 cm³/mol. The fraction of sp³-hybridized carbons (Fsp3) is 0.133. The Hall–Kier alpha value is -2.07. The van der Waals surface area contributed by atoms with Crippen LogP contribution in [0.1, 0.15) is 0 Å². The second-order valence-electron chi connectivity index (χ2n) is 4.03. The molecule has 0 atom stereocenters.